The van der Waals surface area contributed by atoms with Gasteiger partial charge in [-0.1, -0.05) is 278 Å². The van der Waals surface area contributed by atoms with E-state index in [0.29, 0.717) is 19.3 Å². The highest BCUT2D eigenvalue weighted by Crippen LogP contribution is 2.16. The number of allylic oxidation sites excluding steroid dienone is 18. The van der Waals surface area contributed by atoms with Gasteiger partial charge >= 0.3 is 17.9 Å². The molecule has 0 saturated heterocycles. The SMILES string of the molecule is CC\C=C/C=C\C=C/C=C\C=C\C=C/C=C\CCCCCC(=O)OCC(COC(=O)CCCCCCCCC/C=C\C/C=C\CC)OC(=O)CCCCCCCCCCCCCCCCCCCC. The van der Waals surface area contributed by atoms with Gasteiger partial charge in [-0.15, -0.1) is 0 Å². The molecule has 0 amide bonds. The van der Waals surface area contributed by atoms with Gasteiger partial charge in [0, 0.05) is 19.3 Å². The Hall–Kier alpha value is -3.93. The zero-order chi connectivity index (χ0) is 50.0. The van der Waals surface area contributed by atoms with Gasteiger partial charge in [0.05, 0.1) is 0 Å². The molecule has 0 aromatic carbocycles. The molecule has 0 radical (unpaired) electrons. The number of hydrogen-bond acceptors (Lipinski definition) is 6. The van der Waals surface area contributed by atoms with Crippen LogP contribution in [0.5, 0.6) is 0 Å². The number of hydrogen-bond donors (Lipinski definition) is 0. The highest BCUT2D eigenvalue weighted by molar-refractivity contribution is 5.71. The molecule has 0 spiro atoms. The van der Waals surface area contributed by atoms with E-state index >= 15 is 0 Å². The highest BCUT2D eigenvalue weighted by Gasteiger charge is 2.19. The van der Waals surface area contributed by atoms with E-state index in [0.717, 1.165) is 89.9 Å². The summed E-state index contributed by atoms with van der Waals surface area (Å²) >= 11 is 0. The van der Waals surface area contributed by atoms with Crippen LogP contribution in [0.25, 0.3) is 0 Å². The van der Waals surface area contributed by atoms with Crippen LogP contribution in [0.4, 0.5) is 0 Å². The van der Waals surface area contributed by atoms with E-state index in [4.69, 9.17) is 14.2 Å². The molecular weight excluding hydrogens is 853 g/mol. The summed E-state index contributed by atoms with van der Waals surface area (Å²) in [6, 6.07) is 0. The maximum atomic E-state index is 12.9. The van der Waals surface area contributed by atoms with Crippen LogP contribution in [0.2, 0.25) is 0 Å². The van der Waals surface area contributed by atoms with Crippen molar-refractivity contribution >= 4 is 17.9 Å². The molecule has 6 nitrogen and oxygen atoms in total. The van der Waals surface area contributed by atoms with Crippen molar-refractivity contribution in [1.82, 2.24) is 0 Å². The number of ether oxygens (including phenoxy) is 3. The molecule has 1 unspecified atom stereocenters. The Kier molecular flexibility index (Phi) is 53.4. The first-order valence-corrected chi connectivity index (χ1v) is 28.5. The summed E-state index contributed by atoms with van der Waals surface area (Å²) in [5, 5.41) is 0. The Balaban J connectivity index is 4.48. The van der Waals surface area contributed by atoms with Crippen LogP contribution in [0.15, 0.2) is 109 Å². The van der Waals surface area contributed by atoms with Crippen molar-refractivity contribution in [2.75, 3.05) is 13.2 Å². The van der Waals surface area contributed by atoms with Gasteiger partial charge in [-0.05, 0) is 64.2 Å². The lowest BCUT2D eigenvalue weighted by Crippen LogP contribution is -2.30. The van der Waals surface area contributed by atoms with E-state index in [9.17, 15) is 14.4 Å². The molecule has 69 heavy (non-hydrogen) atoms. The molecule has 392 valence electrons. The quantitative estimate of drug-likeness (QED) is 0.0199. The summed E-state index contributed by atoms with van der Waals surface area (Å²) in [6.07, 6.45) is 76.4. The Bertz CT molecular complexity index is 1420. The van der Waals surface area contributed by atoms with Crippen molar-refractivity contribution in [1.29, 1.82) is 0 Å². The number of esters is 3. The summed E-state index contributed by atoms with van der Waals surface area (Å²) in [5.74, 6) is -0.947. The number of carbonyl (C=O) groups excluding carboxylic acids is 3. The molecule has 0 aliphatic rings. The molecule has 0 saturated carbocycles. The van der Waals surface area contributed by atoms with Gasteiger partial charge in [-0.2, -0.15) is 0 Å². The zero-order valence-electron chi connectivity index (χ0n) is 44.8. The molecule has 0 bridgehead atoms. The Morgan fingerprint density at radius 3 is 1.06 bits per heavy atom. The standard InChI is InChI=1S/C63H104O6/c1-4-7-10-13-16-19-22-25-28-30-32-34-35-38-41-44-47-50-53-56-62(65)68-59-60(58-67-61(64)55-52-49-46-43-40-37-27-24-21-18-15-12-9-6-3)69-63(66)57-54-51-48-45-42-39-36-33-31-29-26-23-20-17-14-11-8-5-2/h7,9-10,12-13,16,18-19,21-22,25,28,30,32,34-35,38,41,60H,4-6,8,11,14-15,17,20,23-24,26-27,29,31,33,36-37,39-40,42-59H2,1-3H3/b10-7-,12-9-,16-13-,21-18-,22-19-,28-25-,32-30+,35-34-,41-38-. The molecule has 0 fully saturated rings. The highest BCUT2D eigenvalue weighted by atomic mass is 16.6. The molecule has 0 aromatic rings. The summed E-state index contributed by atoms with van der Waals surface area (Å²) < 4.78 is 16.8. The smallest absolute Gasteiger partial charge is 0.306 e. The Labute approximate surface area is 425 Å². The lowest BCUT2D eigenvalue weighted by Gasteiger charge is -2.18. The summed E-state index contributed by atoms with van der Waals surface area (Å²) in [6.45, 7) is 6.36. The minimum atomic E-state index is -0.801. The lowest BCUT2D eigenvalue weighted by molar-refractivity contribution is -0.167. The summed E-state index contributed by atoms with van der Waals surface area (Å²) in [5.41, 5.74) is 0. The third-order valence-electron chi connectivity index (χ3n) is 12.0. The van der Waals surface area contributed by atoms with Gasteiger partial charge in [0.25, 0.3) is 0 Å². The fraction of sp³-hybridized carbons (Fsp3) is 0.667. The molecule has 0 N–H and O–H groups in total. The second-order valence-corrected chi connectivity index (χ2v) is 18.6. The van der Waals surface area contributed by atoms with Crippen LogP contribution >= 0.6 is 0 Å². The van der Waals surface area contributed by atoms with Gasteiger partial charge in [0.1, 0.15) is 13.2 Å². The maximum Gasteiger partial charge on any atom is 0.306 e. The Morgan fingerprint density at radius 1 is 0.319 bits per heavy atom. The second-order valence-electron chi connectivity index (χ2n) is 18.6. The molecule has 0 rings (SSSR count). The number of carbonyl (C=O) groups is 3. The molecule has 0 aromatic heterocycles. The van der Waals surface area contributed by atoms with E-state index in [2.05, 4.69) is 57.2 Å². The van der Waals surface area contributed by atoms with Gasteiger partial charge in [0.2, 0.25) is 0 Å². The minimum absolute atomic E-state index is 0.0970. The van der Waals surface area contributed by atoms with Crippen LogP contribution in [-0.2, 0) is 28.6 Å². The number of rotatable bonds is 50. The molecule has 6 heteroatoms. The molecule has 1 atom stereocenters. The van der Waals surface area contributed by atoms with Crippen molar-refractivity contribution in [3.05, 3.63) is 109 Å². The number of unbranched alkanes of at least 4 members (excludes halogenated alkanes) is 27. The van der Waals surface area contributed by atoms with Crippen molar-refractivity contribution in [2.45, 2.75) is 258 Å². The van der Waals surface area contributed by atoms with Crippen molar-refractivity contribution in [3.8, 4) is 0 Å². The normalized spacial score (nSPS) is 12.9. The first-order valence-electron chi connectivity index (χ1n) is 28.5. The van der Waals surface area contributed by atoms with Crippen LogP contribution in [0.3, 0.4) is 0 Å². The van der Waals surface area contributed by atoms with Gasteiger partial charge in [0.15, 0.2) is 6.10 Å². The van der Waals surface area contributed by atoms with E-state index < -0.39 is 6.10 Å². The van der Waals surface area contributed by atoms with Gasteiger partial charge in [-0.3, -0.25) is 14.4 Å². The zero-order valence-corrected chi connectivity index (χ0v) is 44.8. The van der Waals surface area contributed by atoms with E-state index in [1.165, 1.54) is 122 Å². The van der Waals surface area contributed by atoms with E-state index in [1.54, 1.807) is 0 Å². The fourth-order valence-corrected chi connectivity index (χ4v) is 7.76. The predicted octanol–water partition coefficient (Wildman–Crippen LogP) is 19.1. The van der Waals surface area contributed by atoms with Crippen molar-refractivity contribution in [3.63, 3.8) is 0 Å². The molecule has 0 aliphatic carbocycles. The summed E-state index contributed by atoms with van der Waals surface area (Å²) in [7, 11) is 0. The second kappa shape index (κ2) is 56.7. The average molecular weight is 958 g/mol. The first-order chi connectivity index (χ1) is 34.0. The molecular formula is C63H104O6. The van der Waals surface area contributed by atoms with Crippen LogP contribution < -0.4 is 0 Å². The third-order valence-corrected chi connectivity index (χ3v) is 12.0. The van der Waals surface area contributed by atoms with Crippen molar-refractivity contribution < 1.29 is 28.6 Å². The van der Waals surface area contributed by atoms with Gasteiger partial charge < -0.3 is 14.2 Å². The van der Waals surface area contributed by atoms with E-state index in [1.807, 2.05) is 72.9 Å². The summed E-state index contributed by atoms with van der Waals surface area (Å²) in [4.78, 5) is 38.2. The molecule has 0 heterocycles. The fourth-order valence-electron chi connectivity index (χ4n) is 7.76. The molecule has 0 aliphatic heterocycles. The average Bonchev–Trinajstić information content (AvgIpc) is 3.35. The first kappa shape index (κ1) is 65.1. The predicted molar refractivity (Wildman–Crippen MR) is 297 cm³/mol. The van der Waals surface area contributed by atoms with Gasteiger partial charge in [-0.25, -0.2) is 0 Å². The van der Waals surface area contributed by atoms with E-state index in [-0.39, 0.29) is 31.1 Å². The van der Waals surface area contributed by atoms with Crippen LogP contribution in [0.1, 0.15) is 252 Å². The Morgan fingerprint density at radius 2 is 0.638 bits per heavy atom. The largest absolute Gasteiger partial charge is 0.462 e. The third kappa shape index (κ3) is 54.9. The lowest BCUT2D eigenvalue weighted by atomic mass is 10.0. The maximum absolute atomic E-state index is 12.9. The van der Waals surface area contributed by atoms with Crippen LogP contribution in [-0.4, -0.2) is 37.2 Å². The monoisotopic (exact) mass is 957 g/mol. The minimum Gasteiger partial charge on any atom is -0.462 e. The van der Waals surface area contributed by atoms with Crippen LogP contribution in [0, 0.1) is 0 Å². The van der Waals surface area contributed by atoms with Crippen molar-refractivity contribution in [2.24, 2.45) is 0 Å². The topological polar surface area (TPSA) is 78.9 Å².